The molecule has 17 heavy (non-hydrogen) atoms. The molecule has 1 saturated heterocycles. The lowest BCUT2D eigenvalue weighted by atomic mass is 10.1. The van der Waals surface area contributed by atoms with E-state index in [0.717, 1.165) is 13.0 Å². The van der Waals surface area contributed by atoms with Gasteiger partial charge in [0.05, 0.1) is 13.2 Å². The molecule has 1 aliphatic heterocycles. The van der Waals surface area contributed by atoms with Crippen molar-refractivity contribution < 1.29 is 13.9 Å². The standard InChI is InChI=1S/C13H18FNO2/c1-9(15)11-3-2-4-12(14)13(11)17-8-10-5-6-16-7-10/h2-4,9-10H,5-8,15H2,1H3. The van der Waals surface area contributed by atoms with Gasteiger partial charge in [-0.3, -0.25) is 0 Å². The Labute approximate surface area is 101 Å². The van der Waals surface area contributed by atoms with Crippen molar-refractivity contribution in [1.82, 2.24) is 0 Å². The molecule has 94 valence electrons. The number of para-hydroxylation sites is 1. The minimum atomic E-state index is -0.348. The topological polar surface area (TPSA) is 44.5 Å². The van der Waals surface area contributed by atoms with E-state index >= 15 is 0 Å². The fraction of sp³-hybridized carbons (Fsp3) is 0.538. The number of halogens is 1. The van der Waals surface area contributed by atoms with Gasteiger partial charge in [-0.25, -0.2) is 4.39 Å². The highest BCUT2D eigenvalue weighted by atomic mass is 19.1. The van der Waals surface area contributed by atoms with E-state index in [1.807, 2.05) is 6.92 Å². The second-order valence-electron chi connectivity index (χ2n) is 4.49. The van der Waals surface area contributed by atoms with Crippen molar-refractivity contribution in [3.8, 4) is 5.75 Å². The molecule has 2 atom stereocenters. The molecular weight excluding hydrogens is 221 g/mol. The van der Waals surface area contributed by atoms with Gasteiger partial charge in [0.15, 0.2) is 11.6 Å². The van der Waals surface area contributed by atoms with Crippen LogP contribution in [0.2, 0.25) is 0 Å². The lowest BCUT2D eigenvalue weighted by Crippen LogP contribution is -2.15. The third-order valence-corrected chi connectivity index (χ3v) is 2.98. The lowest BCUT2D eigenvalue weighted by molar-refractivity contribution is 0.165. The van der Waals surface area contributed by atoms with Gasteiger partial charge in [0, 0.05) is 24.1 Å². The Hall–Kier alpha value is -1.13. The Morgan fingerprint density at radius 3 is 3.06 bits per heavy atom. The highest BCUT2D eigenvalue weighted by Gasteiger charge is 2.19. The molecule has 4 heteroatoms. The first-order chi connectivity index (χ1) is 8.18. The van der Waals surface area contributed by atoms with Crippen LogP contribution in [-0.4, -0.2) is 19.8 Å². The third kappa shape index (κ3) is 2.96. The van der Waals surface area contributed by atoms with Crippen LogP contribution in [0.4, 0.5) is 4.39 Å². The van der Waals surface area contributed by atoms with Crippen LogP contribution < -0.4 is 10.5 Å². The zero-order valence-corrected chi connectivity index (χ0v) is 9.99. The second-order valence-corrected chi connectivity index (χ2v) is 4.49. The van der Waals surface area contributed by atoms with Crippen molar-refractivity contribution in [3.05, 3.63) is 29.6 Å². The van der Waals surface area contributed by atoms with Gasteiger partial charge in [-0.1, -0.05) is 12.1 Å². The predicted octanol–water partition coefficient (Wildman–Crippen LogP) is 2.26. The molecule has 0 amide bonds. The second kappa shape index (κ2) is 5.47. The highest BCUT2D eigenvalue weighted by Crippen LogP contribution is 2.28. The summed E-state index contributed by atoms with van der Waals surface area (Å²) in [7, 11) is 0. The highest BCUT2D eigenvalue weighted by molar-refractivity contribution is 5.36. The van der Waals surface area contributed by atoms with Crippen LogP contribution >= 0.6 is 0 Å². The summed E-state index contributed by atoms with van der Waals surface area (Å²) in [5.41, 5.74) is 6.51. The average molecular weight is 239 g/mol. The summed E-state index contributed by atoms with van der Waals surface area (Å²) in [5, 5.41) is 0. The molecule has 2 N–H and O–H groups in total. The molecule has 0 spiro atoms. The van der Waals surface area contributed by atoms with Crippen molar-refractivity contribution >= 4 is 0 Å². The third-order valence-electron chi connectivity index (χ3n) is 2.98. The molecule has 0 radical (unpaired) electrons. The van der Waals surface area contributed by atoms with Crippen LogP contribution in [0.25, 0.3) is 0 Å². The van der Waals surface area contributed by atoms with Crippen LogP contribution in [0.5, 0.6) is 5.75 Å². The van der Waals surface area contributed by atoms with E-state index in [-0.39, 0.29) is 17.6 Å². The monoisotopic (exact) mass is 239 g/mol. The van der Waals surface area contributed by atoms with E-state index < -0.39 is 0 Å². The van der Waals surface area contributed by atoms with Crippen molar-refractivity contribution in [3.63, 3.8) is 0 Å². The summed E-state index contributed by atoms with van der Waals surface area (Å²) in [6.07, 6.45) is 0.974. The van der Waals surface area contributed by atoms with Crippen LogP contribution in [-0.2, 0) is 4.74 Å². The smallest absolute Gasteiger partial charge is 0.165 e. The molecule has 0 aliphatic carbocycles. The molecule has 2 rings (SSSR count). The average Bonchev–Trinajstić information content (AvgIpc) is 2.80. The Balaban J connectivity index is 2.07. The van der Waals surface area contributed by atoms with E-state index in [4.69, 9.17) is 15.2 Å². The Kier molecular flexibility index (Phi) is 3.97. The first-order valence-corrected chi connectivity index (χ1v) is 5.93. The first-order valence-electron chi connectivity index (χ1n) is 5.93. The Morgan fingerprint density at radius 2 is 2.41 bits per heavy atom. The lowest BCUT2D eigenvalue weighted by Gasteiger charge is -2.16. The maximum atomic E-state index is 13.7. The number of rotatable bonds is 4. The van der Waals surface area contributed by atoms with Crippen LogP contribution in [0.3, 0.4) is 0 Å². The summed E-state index contributed by atoms with van der Waals surface area (Å²) >= 11 is 0. The largest absolute Gasteiger partial charge is 0.490 e. The first kappa shape index (κ1) is 12.3. The summed E-state index contributed by atoms with van der Waals surface area (Å²) in [6.45, 7) is 3.77. The van der Waals surface area contributed by atoms with Gasteiger partial charge in [0.25, 0.3) is 0 Å². The summed E-state index contributed by atoms with van der Waals surface area (Å²) in [5.74, 6) is 0.295. The Bertz CT molecular complexity index is 376. The van der Waals surface area contributed by atoms with Gasteiger partial charge < -0.3 is 15.2 Å². The minimum Gasteiger partial charge on any atom is -0.490 e. The van der Waals surface area contributed by atoms with E-state index in [9.17, 15) is 4.39 Å². The molecule has 1 aromatic carbocycles. The number of hydrogen-bond acceptors (Lipinski definition) is 3. The maximum absolute atomic E-state index is 13.7. The van der Waals surface area contributed by atoms with Gasteiger partial charge in [-0.05, 0) is 19.4 Å². The van der Waals surface area contributed by atoms with E-state index in [1.165, 1.54) is 6.07 Å². The van der Waals surface area contributed by atoms with Gasteiger partial charge in [-0.2, -0.15) is 0 Å². The van der Waals surface area contributed by atoms with E-state index in [2.05, 4.69) is 0 Å². The quantitative estimate of drug-likeness (QED) is 0.876. The number of ether oxygens (including phenoxy) is 2. The molecule has 1 aliphatic rings. The molecule has 3 nitrogen and oxygen atoms in total. The molecule has 2 unspecified atom stereocenters. The summed E-state index contributed by atoms with van der Waals surface area (Å²) in [6, 6.07) is 4.61. The maximum Gasteiger partial charge on any atom is 0.165 e. The molecule has 0 saturated carbocycles. The SMILES string of the molecule is CC(N)c1cccc(F)c1OCC1CCOC1. The van der Waals surface area contributed by atoms with Crippen molar-refractivity contribution in [1.29, 1.82) is 0 Å². The molecule has 1 heterocycles. The summed E-state index contributed by atoms with van der Waals surface area (Å²) < 4.78 is 24.5. The number of hydrogen-bond donors (Lipinski definition) is 1. The van der Waals surface area contributed by atoms with Crippen LogP contribution in [0.1, 0.15) is 24.9 Å². The fourth-order valence-corrected chi connectivity index (χ4v) is 1.95. The minimum absolute atomic E-state index is 0.236. The molecule has 1 aromatic rings. The zero-order valence-electron chi connectivity index (χ0n) is 9.99. The molecule has 0 aromatic heterocycles. The molecule has 1 fully saturated rings. The van der Waals surface area contributed by atoms with Crippen molar-refractivity contribution in [2.75, 3.05) is 19.8 Å². The van der Waals surface area contributed by atoms with E-state index in [0.29, 0.717) is 24.7 Å². The molecule has 0 bridgehead atoms. The normalized spacial score (nSPS) is 21.5. The van der Waals surface area contributed by atoms with E-state index in [1.54, 1.807) is 12.1 Å². The number of benzene rings is 1. The van der Waals surface area contributed by atoms with Gasteiger partial charge in [0.1, 0.15) is 0 Å². The zero-order chi connectivity index (χ0) is 12.3. The van der Waals surface area contributed by atoms with Crippen molar-refractivity contribution in [2.24, 2.45) is 11.7 Å². The fourth-order valence-electron chi connectivity index (χ4n) is 1.95. The Morgan fingerprint density at radius 1 is 1.59 bits per heavy atom. The van der Waals surface area contributed by atoms with Gasteiger partial charge >= 0.3 is 0 Å². The van der Waals surface area contributed by atoms with Gasteiger partial charge in [-0.15, -0.1) is 0 Å². The molecular formula is C13H18FNO2. The predicted molar refractivity (Wildman–Crippen MR) is 63.4 cm³/mol. The van der Waals surface area contributed by atoms with Crippen molar-refractivity contribution in [2.45, 2.75) is 19.4 Å². The number of nitrogens with two attached hydrogens (primary N) is 1. The summed E-state index contributed by atoms with van der Waals surface area (Å²) in [4.78, 5) is 0. The van der Waals surface area contributed by atoms with Crippen LogP contribution in [0.15, 0.2) is 18.2 Å². The van der Waals surface area contributed by atoms with Crippen LogP contribution in [0, 0.1) is 11.7 Å². The van der Waals surface area contributed by atoms with Gasteiger partial charge in [0.2, 0.25) is 0 Å².